The van der Waals surface area contributed by atoms with Crippen LogP contribution in [-0.4, -0.2) is 18.3 Å². The van der Waals surface area contributed by atoms with Gasteiger partial charge in [0.15, 0.2) is 0 Å². The van der Waals surface area contributed by atoms with E-state index < -0.39 is 0 Å². The highest BCUT2D eigenvalue weighted by atomic mass is 16.7. The Labute approximate surface area is 87.8 Å². The van der Waals surface area contributed by atoms with Crippen LogP contribution in [0.15, 0.2) is 12.2 Å². The predicted octanol–water partition coefficient (Wildman–Crippen LogP) is 3.04. The van der Waals surface area contributed by atoms with E-state index >= 15 is 0 Å². The van der Waals surface area contributed by atoms with Crippen molar-refractivity contribution in [2.24, 2.45) is 0 Å². The molecule has 0 amide bonds. The van der Waals surface area contributed by atoms with Crippen LogP contribution >= 0.6 is 0 Å². The quantitative estimate of drug-likeness (QED) is 0.510. The summed E-state index contributed by atoms with van der Waals surface area (Å²) in [5, 5.41) is 0. The monoisotopic (exact) mass is 196 g/mol. The standard InChI is InChI=1S/C11H21BO2/c1-7-9(2)8-12-13-10(3,4)11(5,6)14-12/h2,7-8H2,1,3-6H3. The van der Waals surface area contributed by atoms with Crippen LogP contribution < -0.4 is 0 Å². The summed E-state index contributed by atoms with van der Waals surface area (Å²) in [7, 11) is -0.118. The number of rotatable bonds is 3. The summed E-state index contributed by atoms with van der Waals surface area (Å²) in [6.45, 7) is 14.4. The molecule has 1 aliphatic rings. The van der Waals surface area contributed by atoms with Gasteiger partial charge in [-0.05, 0) is 34.1 Å². The molecule has 0 N–H and O–H groups in total. The lowest BCUT2D eigenvalue weighted by Crippen LogP contribution is -2.41. The number of hydrogen-bond acceptors (Lipinski definition) is 2. The van der Waals surface area contributed by atoms with Crippen LogP contribution in [0.5, 0.6) is 0 Å². The van der Waals surface area contributed by atoms with Gasteiger partial charge in [0.1, 0.15) is 0 Å². The Morgan fingerprint density at radius 2 is 1.57 bits per heavy atom. The molecule has 0 bridgehead atoms. The summed E-state index contributed by atoms with van der Waals surface area (Å²) < 4.78 is 11.7. The minimum absolute atomic E-state index is 0.118. The molecule has 0 aromatic rings. The maximum absolute atomic E-state index is 5.85. The van der Waals surface area contributed by atoms with Crippen LogP contribution in [0.3, 0.4) is 0 Å². The third kappa shape index (κ3) is 2.21. The van der Waals surface area contributed by atoms with E-state index in [9.17, 15) is 0 Å². The van der Waals surface area contributed by atoms with Crippen molar-refractivity contribution in [3.63, 3.8) is 0 Å². The fourth-order valence-corrected chi connectivity index (χ4v) is 1.43. The first-order chi connectivity index (χ1) is 6.28. The van der Waals surface area contributed by atoms with Gasteiger partial charge in [0.2, 0.25) is 0 Å². The molecule has 0 radical (unpaired) electrons. The van der Waals surface area contributed by atoms with Crippen molar-refractivity contribution in [2.45, 2.75) is 58.6 Å². The van der Waals surface area contributed by atoms with Crippen molar-refractivity contribution in [3.05, 3.63) is 12.2 Å². The highest BCUT2D eigenvalue weighted by Gasteiger charge is 2.50. The zero-order valence-corrected chi connectivity index (χ0v) is 10.0. The second kappa shape index (κ2) is 3.71. The largest absolute Gasteiger partial charge is 0.462 e. The SMILES string of the molecule is C=C(CC)CB1OC(C)(C)C(C)(C)O1. The zero-order chi connectivity index (χ0) is 11.0. The third-order valence-corrected chi connectivity index (χ3v) is 3.26. The third-order valence-electron chi connectivity index (χ3n) is 3.26. The fraction of sp³-hybridized carbons (Fsp3) is 0.818. The molecule has 0 aliphatic carbocycles. The Morgan fingerprint density at radius 1 is 1.14 bits per heavy atom. The van der Waals surface area contributed by atoms with Crippen LogP contribution in [0.4, 0.5) is 0 Å². The summed E-state index contributed by atoms with van der Waals surface area (Å²) in [4.78, 5) is 0. The topological polar surface area (TPSA) is 18.5 Å². The lowest BCUT2D eigenvalue weighted by Gasteiger charge is -2.32. The van der Waals surface area contributed by atoms with Gasteiger partial charge in [-0.3, -0.25) is 0 Å². The lowest BCUT2D eigenvalue weighted by atomic mass is 9.80. The maximum Gasteiger partial charge on any atom is 0.462 e. The highest BCUT2D eigenvalue weighted by molar-refractivity contribution is 6.46. The van der Waals surface area contributed by atoms with Crippen molar-refractivity contribution in [2.75, 3.05) is 0 Å². The summed E-state index contributed by atoms with van der Waals surface area (Å²) >= 11 is 0. The number of hydrogen-bond donors (Lipinski definition) is 0. The molecule has 0 saturated carbocycles. The van der Waals surface area contributed by atoms with E-state index in [-0.39, 0.29) is 18.3 Å². The van der Waals surface area contributed by atoms with Crippen LogP contribution in [0.1, 0.15) is 41.0 Å². The zero-order valence-electron chi connectivity index (χ0n) is 10.0. The molecule has 3 heteroatoms. The van der Waals surface area contributed by atoms with E-state index in [1.165, 1.54) is 5.57 Å². The first-order valence-corrected chi connectivity index (χ1v) is 5.31. The van der Waals surface area contributed by atoms with Gasteiger partial charge in [0.05, 0.1) is 11.2 Å². The lowest BCUT2D eigenvalue weighted by molar-refractivity contribution is 0.00578. The molecule has 1 fully saturated rings. The van der Waals surface area contributed by atoms with E-state index in [1.54, 1.807) is 0 Å². The molecular formula is C11H21BO2. The van der Waals surface area contributed by atoms with E-state index in [2.05, 4.69) is 41.2 Å². The summed E-state index contributed by atoms with van der Waals surface area (Å²) in [6, 6.07) is 0. The second-order valence-electron chi connectivity index (χ2n) is 4.99. The molecule has 0 aromatic heterocycles. The second-order valence-corrected chi connectivity index (χ2v) is 4.99. The van der Waals surface area contributed by atoms with E-state index in [4.69, 9.17) is 9.31 Å². The van der Waals surface area contributed by atoms with Gasteiger partial charge in [-0.1, -0.05) is 12.5 Å². The fourth-order valence-electron chi connectivity index (χ4n) is 1.43. The van der Waals surface area contributed by atoms with Gasteiger partial charge in [0.25, 0.3) is 0 Å². The van der Waals surface area contributed by atoms with Crippen LogP contribution in [-0.2, 0) is 9.31 Å². The Balaban J connectivity index is 2.60. The summed E-state index contributed by atoms with van der Waals surface area (Å²) in [6.07, 6.45) is 1.80. The first-order valence-electron chi connectivity index (χ1n) is 5.31. The molecule has 1 aliphatic heterocycles. The minimum atomic E-state index is -0.217. The van der Waals surface area contributed by atoms with E-state index in [0.717, 1.165) is 12.7 Å². The normalized spacial score (nSPS) is 23.9. The molecular weight excluding hydrogens is 175 g/mol. The Hall–Kier alpha value is -0.275. The van der Waals surface area contributed by atoms with Gasteiger partial charge >= 0.3 is 7.12 Å². The first kappa shape index (κ1) is 11.8. The Bertz CT molecular complexity index is 217. The predicted molar refractivity (Wildman–Crippen MR) is 60.3 cm³/mol. The molecule has 0 atom stereocenters. The average molecular weight is 196 g/mol. The van der Waals surface area contributed by atoms with Crippen molar-refractivity contribution in [1.82, 2.24) is 0 Å². The highest BCUT2D eigenvalue weighted by Crippen LogP contribution is 2.38. The van der Waals surface area contributed by atoms with Crippen molar-refractivity contribution >= 4 is 7.12 Å². The van der Waals surface area contributed by atoms with Crippen molar-refractivity contribution in [1.29, 1.82) is 0 Å². The Morgan fingerprint density at radius 3 is 1.93 bits per heavy atom. The van der Waals surface area contributed by atoms with Crippen LogP contribution in [0, 0.1) is 0 Å². The molecule has 1 saturated heterocycles. The van der Waals surface area contributed by atoms with Gasteiger partial charge in [-0.2, -0.15) is 0 Å². The molecule has 0 unspecified atom stereocenters. The maximum atomic E-state index is 5.85. The van der Waals surface area contributed by atoms with E-state index in [1.807, 2.05) is 0 Å². The summed E-state index contributed by atoms with van der Waals surface area (Å²) in [5.41, 5.74) is 0.751. The number of allylic oxidation sites excluding steroid dienone is 1. The van der Waals surface area contributed by atoms with E-state index in [0.29, 0.717) is 0 Å². The average Bonchev–Trinajstić information content (AvgIpc) is 2.20. The molecule has 1 heterocycles. The molecule has 0 aromatic carbocycles. The molecule has 80 valence electrons. The van der Waals surface area contributed by atoms with Gasteiger partial charge in [-0.25, -0.2) is 0 Å². The smallest absolute Gasteiger partial charge is 0.403 e. The van der Waals surface area contributed by atoms with Crippen LogP contribution in [0.25, 0.3) is 0 Å². The Kier molecular flexibility index (Phi) is 3.12. The molecule has 0 spiro atoms. The minimum Gasteiger partial charge on any atom is -0.403 e. The van der Waals surface area contributed by atoms with Gasteiger partial charge < -0.3 is 9.31 Å². The molecule has 14 heavy (non-hydrogen) atoms. The van der Waals surface area contributed by atoms with Gasteiger partial charge in [-0.15, -0.1) is 6.58 Å². The van der Waals surface area contributed by atoms with Crippen molar-refractivity contribution < 1.29 is 9.31 Å². The van der Waals surface area contributed by atoms with Gasteiger partial charge in [0, 0.05) is 6.32 Å². The molecule has 1 rings (SSSR count). The van der Waals surface area contributed by atoms with Crippen LogP contribution in [0.2, 0.25) is 6.32 Å². The molecule has 2 nitrogen and oxygen atoms in total. The van der Waals surface area contributed by atoms with Crippen molar-refractivity contribution in [3.8, 4) is 0 Å². The summed E-state index contributed by atoms with van der Waals surface area (Å²) in [5.74, 6) is 0.